The van der Waals surface area contributed by atoms with Gasteiger partial charge in [-0.05, 0) is 58.4 Å². The van der Waals surface area contributed by atoms with Crippen molar-refractivity contribution in [3.63, 3.8) is 0 Å². The fourth-order valence-electron chi connectivity index (χ4n) is 3.70. The molecule has 0 spiro atoms. The van der Waals surface area contributed by atoms with Crippen molar-refractivity contribution >= 4 is 11.6 Å². The van der Waals surface area contributed by atoms with E-state index >= 15 is 0 Å². The summed E-state index contributed by atoms with van der Waals surface area (Å²) in [6, 6.07) is 0. The number of ketones is 2. The van der Waals surface area contributed by atoms with Gasteiger partial charge in [0.05, 0.1) is 6.10 Å². The highest BCUT2D eigenvalue weighted by molar-refractivity contribution is 5.96. The van der Waals surface area contributed by atoms with Crippen molar-refractivity contribution in [1.82, 2.24) is 0 Å². The first-order valence-electron chi connectivity index (χ1n) is 7.68. The lowest BCUT2D eigenvalue weighted by Gasteiger charge is -2.41. The Morgan fingerprint density at radius 3 is 2.52 bits per heavy atom. The van der Waals surface area contributed by atoms with Gasteiger partial charge >= 0.3 is 0 Å². The summed E-state index contributed by atoms with van der Waals surface area (Å²) < 4.78 is 5.66. The molecule has 21 heavy (non-hydrogen) atoms. The van der Waals surface area contributed by atoms with Gasteiger partial charge in [0.25, 0.3) is 0 Å². The van der Waals surface area contributed by atoms with E-state index in [-0.39, 0.29) is 23.6 Å². The van der Waals surface area contributed by atoms with Gasteiger partial charge in [-0.15, -0.1) is 0 Å². The first-order valence-corrected chi connectivity index (χ1v) is 7.68. The number of carbonyl (C=O) groups is 2. The van der Waals surface area contributed by atoms with Gasteiger partial charge in [-0.25, -0.2) is 0 Å². The summed E-state index contributed by atoms with van der Waals surface area (Å²) in [5, 5.41) is 0. The highest BCUT2D eigenvalue weighted by atomic mass is 16.6. The zero-order chi connectivity index (χ0) is 16.0. The molecular weight excluding hydrogens is 264 g/mol. The lowest BCUT2D eigenvalue weighted by Crippen LogP contribution is -2.48. The minimum absolute atomic E-state index is 0.0641. The third-order valence-electron chi connectivity index (χ3n) is 5.40. The number of carbonyl (C=O) groups excluding carboxylic acids is 2. The lowest BCUT2D eigenvalue weighted by molar-refractivity contribution is -0.136. The van der Waals surface area contributed by atoms with Crippen molar-refractivity contribution in [1.29, 1.82) is 0 Å². The van der Waals surface area contributed by atoms with Crippen molar-refractivity contribution in [3.05, 3.63) is 23.8 Å². The van der Waals surface area contributed by atoms with E-state index in [1.807, 2.05) is 33.8 Å². The Morgan fingerprint density at radius 2 is 2.00 bits per heavy atom. The fraction of sp³-hybridized carbons (Fsp3) is 0.667. The number of allylic oxidation sites excluding steroid dienone is 3. The number of hydrogen-bond acceptors (Lipinski definition) is 3. The first kappa shape index (κ1) is 16.2. The smallest absolute Gasteiger partial charge is 0.173 e. The number of epoxide rings is 1. The summed E-state index contributed by atoms with van der Waals surface area (Å²) in [4.78, 5) is 24.2. The Hall–Kier alpha value is -1.22. The van der Waals surface area contributed by atoms with Crippen LogP contribution in [0.25, 0.3) is 0 Å². The van der Waals surface area contributed by atoms with Gasteiger partial charge < -0.3 is 4.74 Å². The average Bonchev–Trinajstić information content (AvgIpc) is 3.06. The summed E-state index contributed by atoms with van der Waals surface area (Å²) in [5.41, 5.74) is 0.789. The molecule has 0 bridgehead atoms. The molecule has 2 aliphatic rings. The van der Waals surface area contributed by atoms with Crippen LogP contribution < -0.4 is 0 Å². The third kappa shape index (κ3) is 2.64. The summed E-state index contributed by atoms with van der Waals surface area (Å²) in [5.74, 6) is 0.453. The molecule has 1 heterocycles. The quantitative estimate of drug-likeness (QED) is 0.441. The van der Waals surface area contributed by atoms with Crippen LogP contribution in [0.15, 0.2) is 23.8 Å². The molecule has 116 valence electrons. The fourth-order valence-corrected chi connectivity index (χ4v) is 3.70. The minimum atomic E-state index is -0.583. The maximum atomic E-state index is 12.9. The molecular formula is C18H26O3. The monoisotopic (exact) mass is 290 g/mol. The van der Waals surface area contributed by atoms with E-state index in [1.54, 1.807) is 6.92 Å². The van der Waals surface area contributed by atoms with Crippen LogP contribution >= 0.6 is 0 Å². The second kappa shape index (κ2) is 5.20. The SMILES string of the molecule is C=C(C)[C@H]1C[C@@H]2O[C@]2(C)C(=O)[C@]1(C)CC/C=C(\C)C(C)=O. The minimum Gasteiger partial charge on any atom is -0.358 e. The van der Waals surface area contributed by atoms with Gasteiger partial charge in [0.1, 0.15) is 0 Å². The molecule has 0 radical (unpaired) electrons. The molecule has 0 N–H and O–H groups in total. The predicted octanol–water partition coefficient (Wildman–Crippen LogP) is 3.63. The number of ether oxygens (including phenoxy) is 1. The molecule has 0 aromatic carbocycles. The van der Waals surface area contributed by atoms with Crippen LogP contribution in [0.2, 0.25) is 0 Å². The van der Waals surface area contributed by atoms with Crippen molar-refractivity contribution in [2.75, 3.05) is 0 Å². The van der Waals surface area contributed by atoms with Crippen LogP contribution in [0, 0.1) is 11.3 Å². The highest BCUT2D eigenvalue weighted by Crippen LogP contribution is 2.57. The van der Waals surface area contributed by atoms with Crippen molar-refractivity contribution in [3.8, 4) is 0 Å². The van der Waals surface area contributed by atoms with Crippen LogP contribution in [0.3, 0.4) is 0 Å². The summed E-state index contributed by atoms with van der Waals surface area (Å²) >= 11 is 0. The van der Waals surface area contributed by atoms with Crippen LogP contribution in [0.4, 0.5) is 0 Å². The normalized spacial score (nSPS) is 38.9. The molecule has 2 rings (SSSR count). The molecule has 4 atom stereocenters. The van der Waals surface area contributed by atoms with Gasteiger partial charge in [0.15, 0.2) is 17.2 Å². The van der Waals surface area contributed by atoms with Crippen LogP contribution in [-0.4, -0.2) is 23.3 Å². The van der Waals surface area contributed by atoms with Crippen molar-refractivity contribution < 1.29 is 14.3 Å². The molecule has 1 saturated heterocycles. The molecule has 0 aromatic heterocycles. The number of hydrogen-bond donors (Lipinski definition) is 0. The van der Waals surface area contributed by atoms with E-state index in [0.717, 1.165) is 30.4 Å². The van der Waals surface area contributed by atoms with Gasteiger partial charge in [-0.3, -0.25) is 9.59 Å². The average molecular weight is 290 g/mol. The summed E-state index contributed by atoms with van der Waals surface area (Å²) in [6.45, 7) is 13.4. The van der Waals surface area contributed by atoms with E-state index < -0.39 is 11.0 Å². The van der Waals surface area contributed by atoms with Gasteiger partial charge in [-0.1, -0.05) is 25.2 Å². The zero-order valence-corrected chi connectivity index (χ0v) is 13.8. The molecule has 2 fully saturated rings. The van der Waals surface area contributed by atoms with Gasteiger partial charge in [-0.2, -0.15) is 0 Å². The maximum absolute atomic E-state index is 12.9. The van der Waals surface area contributed by atoms with Crippen LogP contribution in [0.1, 0.15) is 53.9 Å². The Morgan fingerprint density at radius 1 is 1.38 bits per heavy atom. The van der Waals surface area contributed by atoms with Crippen molar-refractivity contribution in [2.45, 2.75) is 65.6 Å². The second-order valence-electron chi connectivity index (χ2n) is 7.08. The van der Waals surface area contributed by atoms with E-state index in [4.69, 9.17) is 4.74 Å². The van der Waals surface area contributed by atoms with Crippen LogP contribution in [0.5, 0.6) is 0 Å². The Balaban J connectivity index is 2.19. The van der Waals surface area contributed by atoms with E-state index in [9.17, 15) is 9.59 Å². The second-order valence-corrected chi connectivity index (χ2v) is 7.08. The first-order chi connectivity index (χ1) is 9.63. The Kier molecular flexibility index (Phi) is 4.00. The Labute approximate surface area is 127 Å². The highest BCUT2D eigenvalue weighted by Gasteiger charge is 2.68. The predicted molar refractivity (Wildman–Crippen MR) is 83.0 cm³/mol. The number of fused-ring (bicyclic) bond motifs is 1. The molecule has 1 aliphatic carbocycles. The third-order valence-corrected chi connectivity index (χ3v) is 5.40. The topological polar surface area (TPSA) is 46.7 Å². The number of Topliss-reactive ketones (excluding diaryl/α,β-unsaturated/α-hetero) is 2. The molecule has 0 amide bonds. The molecule has 3 heteroatoms. The standard InChI is InChI=1S/C18H26O3/c1-11(2)14-10-15-18(6,21-15)16(20)17(14,5)9-7-8-12(3)13(4)19/h8,14-15H,1,7,9-10H2,2-6H3/b12-8+/t14-,15+,17-,18+/m1/s1. The zero-order valence-electron chi connectivity index (χ0n) is 13.8. The largest absolute Gasteiger partial charge is 0.358 e. The lowest BCUT2D eigenvalue weighted by atomic mass is 9.59. The molecule has 1 saturated carbocycles. The molecule has 0 aromatic rings. The van der Waals surface area contributed by atoms with Crippen LogP contribution in [-0.2, 0) is 14.3 Å². The molecule has 0 unspecified atom stereocenters. The Bertz CT molecular complexity index is 531. The molecule has 3 nitrogen and oxygen atoms in total. The summed E-state index contributed by atoms with van der Waals surface area (Å²) in [6.07, 6.45) is 4.36. The molecule has 1 aliphatic heterocycles. The van der Waals surface area contributed by atoms with Gasteiger partial charge in [0.2, 0.25) is 0 Å². The van der Waals surface area contributed by atoms with E-state index in [0.29, 0.717) is 0 Å². The number of rotatable bonds is 5. The van der Waals surface area contributed by atoms with Gasteiger partial charge in [0, 0.05) is 5.41 Å². The maximum Gasteiger partial charge on any atom is 0.173 e. The summed E-state index contributed by atoms with van der Waals surface area (Å²) in [7, 11) is 0. The van der Waals surface area contributed by atoms with E-state index in [1.165, 1.54) is 0 Å². The van der Waals surface area contributed by atoms with Crippen molar-refractivity contribution in [2.24, 2.45) is 11.3 Å². The van der Waals surface area contributed by atoms with E-state index in [2.05, 4.69) is 6.58 Å².